The number of hydrogen-bond donors (Lipinski definition) is 1. The summed E-state index contributed by atoms with van der Waals surface area (Å²) >= 11 is 0. The molecule has 0 saturated heterocycles. The molecule has 0 fully saturated rings. The molecule has 0 spiro atoms. The van der Waals surface area contributed by atoms with Gasteiger partial charge in [0.05, 0.1) is 6.20 Å². The third-order valence-electron chi connectivity index (χ3n) is 2.90. The lowest BCUT2D eigenvalue weighted by atomic mass is 9.88. The third-order valence-corrected chi connectivity index (χ3v) is 2.90. The van der Waals surface area contributed by atoms with Gasteiger partial charge in [-0.2, -0.15) is 5.10 Å². The number of aryl methyl sites for hydroxylation is 2. The summed E-state index contributed by atoms with van der Waals surface area (Å²) in [6.45, 7) is 3.36. The van der Waals surface area contributed by atoms with Crippen molar-refractivity contribution in [3.05, 3.63) is 17.5 Å². The van der Waals surface area contributed by atoms with Crippen molar-refractivity contribution in [1.29, 1.82) is 0 Å². The van der Waals surface area contributed by atoms with Crippen molar-refractivity contribution in [2.75, 3.05) is 6.61 Å². The van der Waals surface area contributed by atoms with Crippen molar-refractivity contribution >= 4 is 0 Å². The number of fused-ring (bicyclic) bond motifs is 1. The monoisotopic (exact) mass is 180 g/mol. The molecule has 0 saturated carbocycles. The maximum Gasteiger partial charge on any atom is 0.0524 e. The van der Waals surface area contributed by atoms with Crippen molar-refractivity contribution in [3.63, 3.8) is 0 Å². The molecule has 0 amide bonds. The van der Waals surface area contributed by atoms with Crippen LogP contribution in [0.4, 0.5) is 0 Å². The summed E-state index contributed by atoms with van der Waals surface area (Å²) in [5.41, 5.74) is 2.72. The van der Waals surface area contributed by atoms with E-state index in [1.54, 1.807) is 0 Å². The lowest BCUT2D eigenvalue weighted by Crippen LogP contribution is -2.19. The Balaban J connectivity index is 2.25. The molecule has 1 aliphatic rings. The van der Waals surface area contributed by atoms with E-state index in [2.05, 4.69) is 16.7 Å². The smallest absolute Gasteiger partial charge is 0.0524 e. The van der Waals surface area contributed by atoms with Crippen molar-refractivity contribution in [2.45, 2.75) is 32.7 Å². The molecule has 0 unspecified atom stereocenters. The molecule has 0 aromatic carbocycles. The SMILES string of the molecule is CCn1ncc2c1C[C@H](CO)CC2. The molecule has 0 bridgehead atoms. The van der Waals surface area contributed by atoms with Gasteiger partial charge in [0.2, 0.25) is 0 Å². The van der Waals surface area contributed by atoms with Gasteiger partial charge in [-0.25, -0.2) is 0 Å². The van der Waals surface area contributed by atoms with Gasteiger partial charge in [0.1, 0.15) is 0 Å². The van der Waals surface area contributed by atoms with E-state index in [9.17, 15) is 0 Å². The number of aromatic nitrogens is 2. The summed E-state index contributed by atoms with van der Waals surface area (Å²) in [5, 5.41) is 13.4. The highest BCUT2D eigenvalue weighted by atomic mass is 16.3. The Hall–Kier alpha value is -0.830. The van der Waals surface area contributed by atoms with Crippen molar-refractivity contribution in [3.8, 4) is 0 Å². The quantitative estimate of drug-likeness (QED) is 0.737. The van der Waals surface area contributed by atoms with Crippen LogP contribution in [0, 0.1) is 5.92 Å². The largest absolute Gasteiger partial charge is 0.396 e. The van der Waals surface area contributed by atoms with Gasteiger partial charge in [-0.05, 0) is 37.7 Å². The van der Waals surface area contributed by atoms with E-state index in [-0.39, 0.29) is 0 Å². The molecular weight excluding hydrogens is 164 g/mol. The van der Waals surface area contributed by atoms with E-state index >= 15 is 0 Å². The fourth-order valence-electron chi connectivity index (χ4n) is 2.06. The third kappa shape index (κ3) is 1.48. The molecule has 1 aromatic heterocycles. The fourth-order valence-corrected chi connectivity index (χ4v) is 2.06. The van der Waals surface area contributed by atoms with E-state index in [1.807, 2.05) is 6.20 Å². The summed E-state index contributed by atoms with van der Waals surface area (Å²) in [5.74, 6) is 0.453. The molecule has 2 rings (SSSR count). The van der Waals surface area contributed by atoms with Gasteiger partial charge in [-0.1, -0.05) is 0 Å². The van der Waals surface area contributed by atoms with Gasteiger partial charge < -0.3 is 5.11 Å². The van der Waals surface area contributed by atoms with E-state index in [0.717, 1.165) is 25.8 Å². The second kappa shape index (κ2) is 3.50. The van der Waals surface area contributed by atoms with Crippen LogP contribution in [0.25, 0.3) is 0 Å². The molecule has 3 nitrogen and oxygen atoms in total. The maximum absolute atomic E-state index is 9.09. The molecule has 1 atom stereocenters. The molecule has 1 aromatic rings. The van der Waals surface area contributed by atoms with Crippen LogP contribution in [0.3, 0.4) is 0 Å². The highest BCUT2D eigenvalue weighted by molar-refractivity contribution is 5.21. The number of rotatable bonds is 2. The van der Waals surface area contributed by atoms with Crippen LogP contribution in [-0.4, -0.2) is 21.5 Å². The predicted octanol–water partition coefficient (Wildman–Crippen LogP) is 1.00. The fraction of sp³-hybridized carbons (Fsp3) is 0.700. The molecule has 1 N–H and O–H groups in total. The molecule has 13 heavy (non-hydrogen) atoms. The normalized spacial score (nSPS) is 21.5. The van der Waals surface area contributed by atoms with E-state index < -0.39 is 0 Å². The highest BCUT2D eigenvalue weighted by Gasteiger charge is 2.21. The minimum absolute atomic E-state index is 0.314. The van der Waals surface area contributed by atoms with Crippen molar-refractivity contribution < 1.29 is 5.11 Å². The number of hydrogen-bond acceptors (Lipinski definition) is 2. The Kier molecular flexibility index (Phi) is 2.36. The van der Waals surface area contributed by atoms with Crippen LogP contribution in [-0.2, 0) is 19.4 Å². The van der Waals surface area contributed by atoms with Gasteiger partial charge in [0.25, 0.3) is 0 Å². The zero-order valence-corrected chi connectivity index (χ0v) is 8.03. The van der Waals surface area contributed by atoms with Gasteiger partial charge >= 0.3 is 0 Å². The molecule has 0 aliphatic heterocycles. The summed E-state index contributed by atoms with van der Waals surface area (Å²) in [6.07, 6.45) is 5.17. The highest BCUT2D eigenvalue weighted by Crippen LogP contribution is 2.24. The van der Waals surface area contributed by atoms with E-state index in [0.29, 0.717) is 12.5 Å². The average Bonchev–Trinajstić information content (AvgIpc) is 2.59. The van der Waals surface area contributed by atoms with Crippen LogP contribution >= 0.6 is 0 Å². The molecule has 0 radical (unpaired) electrons. The minimum Gasteiger partial charge on any atom is -0.396 e. The van der Waals surface area contributed by atoms with E-state index in [1.165, 1.54) is 11.3 Å². The van der Waals surface area contributed by atoms with Crippen LogP contribution in [0.5, 0.6) is 0 Å². The van der Waals surface area contributed by atoms with Crippen molar-refractivity contribution in [2.24, 2.45) is 5.92 Å². The van der Waals surface area contributed by atoms with Gasteiger partial charge in [0, 0.05) is 18.8 Å². The summed E-state index contributed by atoms with van der Waals surface area (Å²) in [6, 6.07) is 0. The molecule has 72 valence electrons. The summed E-state index contributed by atoms with van der Waals surface area (Å²) in [4.78, 5) is 0. The number of aliphatic hydroxyl groups is 1. The van der Waals surface area contributed by atoms with Crippen LogP contribution in [0.1, 0.15) is 24.6 Å². The molecule has 1 heterocycles. The minimum atomic E-state index is 0.314. The zero-order chi connectivity index (χ0) is 9.26. The van der Waals surface area contributed by atoms with Crippen LogP contribution in [0.15, 0.2) is 6.20 Å². The first-order valence-corrected chi connectivity index (χ1v) is 4.99. The van der Waals surface area contributed by atoms with Crippen molar-refractivity contribution in [1.82, 2.24) is 9.78 Å². The van der Waals surface area contributed by atoms with Gasteiger partial charge in [-0.15, -0.1) is 0 Å². The molecule has 3 heteroatoms. The number of nitrogens with zero attached hydrogens (tertiary/aromatic N) is 2. The first-order chi connectivity index (χ1) is 6.35. The summed E-state index contributed by atoms with van der Waals surface area (Å²) in [7, 11) is 0. The second-order valence-corrected chi connectivity index (χ2v) is 3.72. The van der Waals surface area contributed by atoms with Crippen LogP contribution in [0.2, 0.25) is 0 Å². The topological polar surface area (TPSA) is 38.0 Å². The Morgan fingerprint density at radius 2 is 2.54 bits per heavy atom. The molecule has 1 aliphatic carbocycles. The first-order valence-electron chi connectivity index (χ1n) is 4.99. The Morgan fingerprint density at radius 1 is 1.69 bits per heavy atom. The summed E-state index contributed by atoms with van der Waals surface area (Å²) < 4.78 is 2.05. The Bertz CT molecular complexity index is 280. The molecular formula is C10H16N2O. The Morgan fingerprint density at radius 3 is 3.23 bits per heavy atom. The first kappa shape index (κ1) is 8.75. The van der Waals surface area contributed by atoms with Gasteiger partial charge in [-0.3, -0.25) is 4.68 Å². The average molecular weight is 180 g/mol. The maximum atomic E-state index is 9.09. The van der Waals surface area contributed by atoms with Crippen LogP contribution < -0.4 is 0 Å². The lowest BCUT2D eigenvalue weighted by Gasteiger charge is -2.20. The van der Waals surface area contributed by atoms with Gasteiger partial charge in [0.15, 0.2) is 0 Å². The lowest BCUT2D eigenvalue weighted by molar-refractivity contribution is 0.211. The predicted molar refractivity (Wildman–Crippen MR) is 50.5 cm³/mol. The zero-order valence-electron chi connectivity index (χ0n) is 8.03. The number of aliphatic hydroxyl groups excluding tert-OH is 1. The second-order valence-electron chi connectivity index (χ2n) is 3.72. The standard InChI is InChI=1S/C10H16N2O/c1-2-12-10-5-8(7-13)3-4-9(10)6-11-12/h6,8,13H,2-5,7H2,1H3/t8-/m1/s1. The Labute approximate surface area is 78.4 Å². The van der Waals surface area contributed by atoms with E-state index in [4.69, 9.17) is 5.11 Å².